The lowest BCUT2D eigenvalue weighted by Gasteiger charge is -2.05. The minimum atomic E-state index is -0.576. The fourth-order valence-corrected chi connectivity index (χ4v) is 2.06. The molecule has 0 spiro atoms. The molecule has 0 aliphatic heterocycles. The largest absolute Gasteiger partial charge is 0.307 e. The summed E-state index contributed by atoms with van der Waals surface area (Å²) in [5, 5.41) is 25.8. The topological polar surface area (TPSA) is 117 Å². The van der Waals surface area contributed by atoms with Crippen molar-refractivity contribution >= 4 is 11.4 Å². The quantitative estimate of drug-likeness (QED) is 0.540. The average Bonchev–Trinajstić information content (AvgIpc) is 3.05. The zero-order chi connectivity index (χ0) is 16.4. The second kappa shape index (κ2) is 5.64. The van der Waals surface area contributed by atoms with E-state index in [9.17, 15) is 20.2 Å². The zero-order valence-corrected chi connectivity index (χ0v) is 11.6. The molecule has 0 bridgehead atoms. The monoisotopic (exact) mass is 311 g/mol. The summed E-state index contributed by atoms with van der Waals surface area (Å²) >= 11 is 0. The predicted octanol–water partition coefficient (Wildman–Crippen LogP) is 2.75. The summed E-state index contributed by atoms with van der Waals surface area (Å²) in [7, 11) is 0. The van der Waals surface area contributed by atoms with Gasteiger partial charge in [-0.15, -0.1) is 0 Å². The van der Waals surface area contributed by atoms with Crippen LogP contribution in [0, 0.1) is 20.2 Å². The van der Waals surface area contributed by atoms with Crippen molar-refractivity contribution in [1.29, 1.82) is 0 Å². The Bertz CT molecular complexity index is 891. The number of pyridine rings is 1. The molecule has 0 saturated heterocycles. The second-order valence-corrected chi connectivity index (χ2v) is 4.56. The Balaban J connectivity index is 2.13. The van der Waals surface area contributed by atoms with E-state index < -0.39 is 9.85 Å². The molecule has 0 amide bonds. The van der Waals surface area contributed by atoms with E-state index in [1.807, 2.05) is 0 Å². The van der Waals surface area contributed by atoms with Gasteiger partial charge < -0.3 is 0 Å². The summed E-state index contributed by atoms with van der Waals surface area (Å²) in [4.78, 5) is 25.1. The molecule has 0 aliphatic carbocycles. The van der Waals surface area contributed by atoms with Crippen LogP contribution in [0.3, 0.4) is 0 Å². The molecule has 0 atom stereocenters. The van der Waals surface area contributed by atoms with Crippen LogP contribution in [0.1, 0.15) is 0 Å². The molecule has 0 radical (unpaired) electrons. The number of hydrogen-bond acceptors (Lipinski definition) is 6. The van der Waals surface area contributed by atoms with Crippen molar-refractivity contribution in [1.82, 2.24) is 14.8 Å². The van der Waals surface area contributed by atoms with Crippen molar-refractivity contribution in [2.24, 2.45) is 0 Å². The summed E-state index contributed by atoms with van der Waals surface area (Å²) in [5.74, 6) is 0.252. The van der Waals surface area contributed by atoms with E-state index in [2.05, 4.69) is 10.1 Å². The van der Waals surface area contributed by atoms with E-state index >= 15 is 0 Å². The van der Waals surface area contributed by atoms with Crippen LogP contribution in [0.4, 0.5) is 11.4 Å². The zero-order valence-electron chi connectivity index (χ0n) is 11.6. The smallest absolute Gasteiger partial charge is 0.258 e. The van der Waals surface area contributed by atoms with Crippen molar-refractivity contribution in [3.05, 3.63) is 75.1 Å². The predicted molar refractivity (Wildman–Crippen MR) is 80.1 cm³/mol. The highest BCUT2D eigenvalue weighted by Crippen LogP contribution is 2.28. The van der Waals surface area contributed by atoms with Crippen LogP contribution >= 0.6 is 0 Å². The molecule has 114 valence electrons. The maximum absolute atomic E-state index is 11.2. The summed E-state index contributed by atoms with van der Waals surface area (Å²) < 4.78 is 1.20. The van der Waals surface area contributed by atoms with Gasteiger partial charge in [-0.2, -0.15) is 5.10 Å². The van der Waals surface area contributed by atoms with Crippen LogP contribution in [0.2, 0.25) is 0 Å². The number of aromatic nitrogens is 3. The van der Waals surface area contributed by atoms with Gasteiger partial charge in [-0.3, -0.25) is 20.2 Å². The molecule has 0 fully saturated rings. The van der Waals surface area contributed by atoms with Gasteiger partial charge >= 0.3 is 5.69 Å². The molecule has 0 unspecified atom stereocenters. The first-order valence-electron chi connectivity index (χ1n) is 6.46. The highest BCUT2D eigenvalue weighted by molar-refractivity contribution is 5.70. The Morgan fingerprint density at radius 2 is 1.70 bits per heavy atom. The lowest BCUT2D eigenvalue weighted by molar-refractivity contribution is -0.384. The molecule has 3 rings (SSSR count). The number of rotatable bonds is 4. The first-order valence-corrected chi connectivity index (χ1v) is 6.46. The SMILES string of the molecule is O=[N+]([O-])c1cnn(-c2ccc([N+](=O)[O-])c(-c3ccccc3)n2)c1. The van der Waals surface area contributed by atoms with Gasteiger partial charge in [0.15, 0.2) is 11.5 Å². The van der Waals surface area contributed by atoms with Crippen LogP contribution in [0.5, 0.6) is 0 Å². The van der Waals surface area contributed by atoms with E-state index in [0.717, 1.165) is 6.20 Å². The van der Waals surface area contributed by atoms with Crippen molar-refractivity contribution in [2.45, 2.75) is 0 Å². The highest BCUT2D eigenvalue weighted by atomic mass is 16.6. The number of nitrogens with zero attached hydrogens (tertiary/aromatic N) is 5. The normalized spacial score (nSPS) is 10.4. The van der Waals surface area contributed by atoms with E-state index in [-0.39, 0.29) is 22.9 Å². The number of benzene rings is 1. The first-order chi connectivity index (χ1) is 11.1. The van der Waals surface area contributed by atoms with Gasteiger partial charge in [0.1, 0.15) is 12.4 Å². The maximum atomic E-state index is 11.2. The summed E-state index contributed by atoms with van der Waals surface area (Å²) in [6, 6.07) is 11.4. The Kier molecular flexibility index (Phi) is 3.51. The summed E-state index contributed by atoms with van der Waals surface area (Å²) in [6.07, 6.45) is 2.29. The molecule has 3 aromatic rings. The fourth-order valence-electron chi connectivity index (χ4n) is 2.06. The number of hydrogen-bond donors (Lipinski definition) is 0. The third kappa shape index (κ3) is 2.75. The van der Waals surface area contributed by atoms with Gasteiger partial charge in [0, 0.05) is 11.6 Å². The summed E-state index contributed by atoms with van der Waals surface area (Å²) in [5.41, 5.74) is 0.405. The molecular formula is C14H9N5O4. The molecule has 0 saturated carbocycles. The van der Waals surface area contributed by atoms with Crippen LogP contribution in [0.25, 0.3) is 17.1 Å². The minimum Gasteiger partial charge on any atom is -0.258 e. The minimum absolute atomic E-state index is 0.151. The van der Waals surface area contributed by atoms with Gasteiger partial charge in [0.2, 0.25) is 0 Å². The second-order valence-electron chi connectivity index (χ2n) is 4.56. The van der Waals surface area contributed by atoms with Crippen molar-refractivity contribution in [3.63, 3.8) is 0 Å². The molecule has 0 N–H and O–H groups in total. The molecule has 2 aromatic heterocycles. The van der Waals surface area contributed by atoms with E-state index in [4.69, 9.17) is 0 Å². The van der Waals surface area contributed by atoms with Crippen LogP contribution in [-0.2, 0) is 0 Å². The van der Waals surface area contributed by atoms with Crippen LogP contribution < -0.4 is 0 Å². The average molecular weight is 311 g/mol. The van der Waals surface area contributed by atoms with Gasteiger partial charge in [-0.25, -0.2) is 9.67 Å². The summed E-state index contributed by atoms with van der Waals surface area (Å²) in [6.45, 7) is 0. The molecule has 9 nitrogen and oxygen atoms in total. The van der Waals surface area contributed by atoms with Crippen molar-refractivity contribution in [3.8, 4) is 17.1 Å². The number of nitro groups is 2. The van der Waals surface area contributed by atoms with E-state index in [1.54, 1.807) is 30.3 Å². The molecule has 23 heavy (non-hydrogen) atoms. The molecular weight excluding hydrogens is 302 g/mol. The molecule has 1 aromatic carbocycles. The Morgan fingerprint density at radius 1 is 0.957 bits per heavy atom. The molecule has 0 aliphatic rings. The van der Waals surface area contributed by atoms with Gasteiger partial charge in [-0.1, -0.05) is 30.3 Å². The maximum Gasteiger partial charge on any atom is 0.307 e. The van der Waals surface area contributed by atoms with Crippen molar-refractivity contribution < 1.29 is 9.85 Å². The lowest BCUT2D eigenvalue weighted by atomic mass is 10.1. The fraction of sp³-hybridized carbons (Fsp3) is 0. The van der Waals surface area contributed by atoms with Gasteiger partial charge in [0.05, 0.1) is 9.85 Å². The Labute approximate surface area is 129 Å². The highest BCUT2D eigenvalue weighted by Gasteiger charge is 2.19. The lowest BCUT2D eigenvalue weighted by Crippen LogP contribution is -2.02. The molecule has 2 heterocycles. The van der Waals surface area contributed by atoms with E-state index in [1.165, 1.54) is 23.0 Å². The first kappa shape index (κ1) is 14.3. The third-order valence-corrected chi connectivity index (χ3v) is 3.12. The Morgan fingerprint density at radius 3 is 2.30 bits per heavy atom. The van der Waals surface area contributed by atoms with Crippen LogP contribution in [-0.4, -0.2) is 24.6 Å². The van der Waals surface area contributed by atoms with Crippen molar-refractivity contribution in [2.75, 3.05) is 0 Å². The van der Waals surface area contributed by atoms with E-state index in [0.29, 0.717) is 5.56 Å². The van der Waals surface area contributed by atoms with Crippen LogP contribution in [0.15, 0.2) is 54.9 Å². The standard InChI is InChI=1S/C14H9N5O4/c20-18(21)11-8-15-17(9-11)13-7-6-12(19(22)23)14(16-13)10-4-2-1-3-5-10/h1-9H. The van der Waals surface area contributed by atoms with Gasteiger partial charge in [0.25, 0.3) is 5.69 Å². The Hall–Kier alpha value is -3.62. The third-order valence-electron chi connectivity index (χ3n) is 3.12. The van der Waals surface area contributed by atoms with Gasteiger partial charge in [-0.05, 0) is 6.07 Å². The molecule has 9 heteroatoms.